The highest BCUT2D eigenvalue weighted by molar-refractivity contribution is 5.96. The quantitative estimate of drug-likeness (QED) is 0.466. The fourth-order valence-corrected chi connectivity index (χ4v) is 4.01. The minimum absolute atomic E-state index is 0.0122. The average Bonchev–Trinajstić information content (AvgIpc) is 3.59. The number of hydrogen-bond acceptors (Lipinski definition) is 6. The maximum absolute atomic E-state index is 14.6. The summed E-state index contributed by atoms with van der Waals surface area (Å²) in [6.07, 6.45) is 3.71. The van der Waals surface area contributed by atoms with E-state index >= 15 is 0 Å². The summed E-state index contributed by atoms with van der Waals surface area (Å²) < 4.78 is 31.5. The molecule has 1 saturated carbocycles. The van der Waals surface area contributed by atoms with Crippen molar-refractivity contribution in [2.75, 3.05) is 0 Å². The zero-order chi connectivity index (χ0) is 25.1. The number of carbonyl (C=O) groups excluding carboxylic acids is 1. The van der Waals surface area contributed by atoms with Crippen LogP contribution in [0.2, 0.25) is 0 Å². The lowest BCUT2D eigenvalue weighted by Gasteiger charge is -2.14. The number of nitrogens with zero attached hydrogens (tertiary/aromatic N) is 1. The smallest absolute Gasteiger partial charge is 0.325 e. The van der Waals surface area contributed by atoms with Gasteiger partial charge in [-0.25, -0.2) is 9.37 Å². The third-order valence-electron chi connectivity index (χ3n) is 6.23. The van der Waals surface area contributed by atoms with E-state index in [1.54, 1.807) is 12.1 Å². The summed E-state index contributed by atoms with van der Waals surface area (Å²) in [6.45, 7) is -0.0964. The van der Waals surface area contributed by atoms with Crippen molar-refractivity contribution in [3.8, 4) is 5.88 Å². The first-order valence-corrected chi connectivity index (χ1v) is 11.4. The van der Waals surface area contributed by atoms with Gasteiger partial charge in [0, 0.05) is 24.7 Å². The van der Waals surface area contributed by atoms with E-state index in [4.69, 9.17) is 14.2 Å². The highest BCUT2D eigenvalue weighted by Crippen LogP contribution is 2.48. The molecule has 3 aromatic rings. The van der Waals surface area contributed by atoms with Crippen LogP contribution in [0.5, 0.6) is 5.88 Å². The van der Waals surface area contributed by atoms with Gasteiger partial charge in [0.05, 0.1) is 5.41 Å². The van der Waals surface area contributed by atoms with Gasteiger partial charge in [0.2, 0.25) is 12.2 Å². The monoisotopic (exact) mass is 490 g/mol. The number of rotatable bonds is 9. The topological polar surface area (TPSA) is 107 Å². The fraction of sp³-hybridized carbons (Fsp3) is 0.222. The van der Waals surface area contributed by atoms with Crippen molar-refractivity contribution in [2.45, 2.75) is 37.5 Å². The highest BCUT2D eigenvalue weighted by Gasteiger charge is 2.51. The van der Waals surface area contributed by atoms with E-state index in [1.807, 2.05) is 30.3 Å². The second-order valence-electron chi connectivity index (χ2n) is 8.64. The van der Waals surface area contributed by atoms with Crippen molar-refractivity contribution in [1.82, 2.24) is 10.3 Å². The van der Waals surface area contributed by atoms with Crippen LogP contribution in [0.25, 0.3) is 0 Å². The van der Waals surface area contributed by atoms with Crippen molar-refractivity contribution in [3.63, 3.8) is 0 Å². The third-order valence-corrected chi connectivity index (χ3v) is 6.23. The maximum Gasteiger partial charge on any atom is 0.325 e. The number of carboxylic acid groups (broad SMARTS) is 1. The van der Waals surface area contributed by atoms with Gasteiger partial charge >= 0.3 is 11.9 Å². The van der Waals surface area contributed by atoms with Crippen LogP contribution < -0.4 is 10.1 Å². The summed E-state index contributed by atoms with van der Waals surface area (Å²) in [5.74, 6) is -1.97. The Morgan fingerprint density at radius 3 is 2.67 bits per heavy atom. The molecule has 5 rings (SSSR count). The summed E-state index contributed by atoms with van der Waals surface area (Å²) in [6, 6.07) is 17.1. The molecule has 184 valence electrons. The molecule has 1 atom stereocenters. The number of halogens is 1. The van der Waals surface area contributed by atoms with Crippen molar-refractivity contribution >= 4 is 11.9 Å². The Labute approximate surface area is 206 Å². The van der Waals surface area contributed by atoms with E-state index in [2.05, 4.69) is 10.3 Å². The lowest BCUT2D eigenvalue weighted by atomic mass is 9.95. The molecule has 1 aliphatic carbocycles. The van der Waals surface area contributed by atoms with Crippen LogP contribution in [-0.2, 0) is 32.6 Å². The number of amides is 1. The van der Waals surface area contributed by atoms with Crippen LogP contribution in [0.1, 0.15) is 39.9 Å². The molecule has 1 fully saturated rings. The molecule has 8 nitrogen and oxygen atoms in total. The normalized spacial score (nSPS) is 17.4. The number of carbonyl (C=O) groups is 2. The Kier molecular flexibility index (Phi) is 6.28. The van der Waals surface area contributed by atoms with E-state index in [0.29, 0.717) is 24.8 Å². The largest absolute Gasteiger partial charge is 0.481 e. The van der Waals surface area contributed by atoms with Crippen LogP contribution in [-0.4, -0.2) is 28.3 Å². The number of ether oxygens (including phenoxy) is 3. The first-order valence-electron chi connectivity index (χ1n) is 11.4. The van der Waals surface area contributed by atoms with Crippen molar-refractivity contribution in [2.24, 2.45) is 0 Å². The Morgan fingerprint density at radius 1 is 1.14 bits per heavy atom. The first kappa shape index (κ1) is 23.3. The summed E-state index contributed by atoms with van der Waals surface area (Å²) in [7, 11) is 0. The lowest BCUT2D eigenvalue weighted by molar-refractivity contribution is -0.140. The maximum atomic E-state index is 14.6. The van der Waals surface area contributed by atoms with Gasteiger partial charge in [-0.3, -0.25) is 9.59 Å². The van der Waals surface area contributed by atoms with Crippen LogP contribution in [0, 0.1) is 5.82 Å². The van der Waals surface area contributed by atoms with Gasteiger partial charge in [0.1, 0.15) is 11.4 Å². The molecule has 9 heteroatoms. The summed E-state index contributed by atoms with van der Waals surface area (Å²) >= 11 is 0. The van der Waals surface area contributed by atoms with Crippen molar-refractivity contribution < 1.29 is 33.3 Å². The van der Waals surface area contributed by atoms with Gasteiger partial charge in [-0.2, -0.15) is 0 Å². The molecule has 2 aliphatic rings. The first-order chi connectivity index (χ1) is 17.4. The Morgan fingerprint density at radius 2 is 1.94 bits per heavy atom. The lowest BCUT2D eigenvalue weighted by Crippen LogP contribution is -2.25. The van der Waals surface area contributed by atoms with Crippen LogP contribution in [0.4, 0.5) is 4.39 Å². The van der Waals surface area contributed by atoms with E-state index in [-0.39, 0.29) is 29.5 Å². The number of benzene rings is 2. The second-order valence-corrected chi connectivity index (χ2v) is 8.64. The number of aromatic nitrogens is 1. The van der Waals surface area contributed by atoms with Crippen molar-refractivity contribution in [1.29, 1.82) is 0 Å². The average molecular weight is 490 g/mol. The molecule has 0 radical (unpaired) electrons. The molecule has 36 heavy (non-hydrogen) atoms. The summed E-state index contributed by atoms with van der Waals surface area (Å²) in [5, 5.41) is 12.1. The van der Waals surface area contributed by atoms with Gasteiger partial charge in [-0.1, -0.05) is 42.5 Å². The number of nitrogens with one attached hydrogen (secondary N) is 1. The highest BCUT2D eigenvalue weighted by atomic mass is 19.1. The molecule has 1 aromatic heterocycles. The van der Waals surface area contributed by atoms with E-state index in [9.17, 15) is 19.1 Å². The number of aliphatic carboxylic acids is 1. The van der Waals surface area contributed by atoms with Crippen LogP contribution >= 0.6 is 0 Å². The molecule has 2 N–H and O–H groups in total. The van der Waals surface area contributed by atoms with E-state index in [0.717, 1.165) is 5.56 Å². The van der Waals surface area contributed by atoms with Gasteiger partial charge in [-0.05, 0) is 42.2 Å². The summed E-state index contributed by atoms with van der Waals surface area (Å²) in [5.41, 5.74) is 0.839. The molecule has 0 spiro atoms. The Bertz CT molecular complexity index is 1320. The third kappa shape index (κ3) is 4.86. The fourth-order valence-electron chi connectivity index (χ4n) is 4.01. The minimum Gasteiger partial charge on any atom is -0.481 e. The zero-order valence-electron chi connectivity index (χ0n) is 19.1. The van der Waals surface area contributed by atoms with Gasteiger partial charge < -0.3 is 24.6 Å². The van der Waals surface area contributed by atoms with Crippen molar-refractivity contribution in [3.05, 3.63) is 107 Å². The van der Waals surface area contributed by atoms with Crippen LogP contribution in [0.15, 0.2) is 79.1 Å². The SMILES string of the molecule is O=C(NCc1ccc(C2(C(=O)O)CC2)cc1F)c1cccnc1OC1=COC(Cc2ccccc2)O1. The van der Waals surface area contributed by atoms with E-state index < -0.39 is 29.4 Å². The van der Waals surface area contributed by atoms with Gasteiger partial charge in [0.25, 0.3) is 5.91 Å². The molecule has 2 heterocycles. The second kappa shape index (κ2) is 9.69. The number of carboxylic acids is 1. The Hall–Kier alpha value is -4.40. The van der Waals surface area contributed by atoms with Crippen LogP contribution in [0.3, 0.4) is 0 Å². The zero-order valence-corrected chi connectivity index (χ0v) is 19.1. The molecule has 2 aromatic carbocycles. The minimum atomic E-state index is -0.995. The molecule has 1 aliphatic heterocycles. The molecular weight excluding hydrogens is 467 g/mol. The molecule has 1 amide bonds. The molecule has 1 unspecified atom stereocenters. The van der Waals surface area contributed by atoms with Gasteiger partial charge in [0.15, 0.2) is 6.26 Å². The standard InChI is InChI=1S/C27H23FN2O6/c28-21-14-19(27(10-11-27)26(32)33)9-8-18(21)15-30-24(31)20-7-4-12-29-25(20)36-23-16-34-22(35-23)13-17-5-2-1-3-6-17/h1-9,12,14,16,22H,10-11,13,15H2,(H,30,31)(H,32,33). The molecule has 0 saturated heterocycles. The predicted molar refractivity (Wildman–Crippen MR) is 125 cm³/mol. The summed E-state index contributed by atoms with van der Waals surface area (Å²) in [4.78, 5) is 28.4. The number of hydrogen-bond donors (Lipinski definition) is 2. The number of pyridine rings is 1. The molecular formula is C27H23FN2O6. The predicted octanol–water partition coefficient (Wildman–Crippen LogP) is 4.06. The van der Waals surface area contributed by atoms with Gasteiger partial charge in [-0.15, -0.1) is 0 Å². The van der Waals surface area contributed by atoms with E-state index in [1.165, 1.54) is 30.7 Å². The molecule has 0 bridgehead atoms. The Balaban J connectivity index is 1.20.